The van der Waals surface area contributed by atoms with Gasteiger partial charge in [0.05, 0.1) is 0 Å². The Hall–Kier alpha value is -1.03. The van der Waals surface area contributed by atoms with Gasteiger partial charge in [0.1, 0.15) is 5.82 Å². The van der Waals surface area contributed by atoms with E-state index < -0.39 is 0 Å². The Morgan fingerprint density at radius 3 is 2.89 bits per heavy atom. The summed E-state index contributed by atoms with van der Waals surface area (Å²) in [6.07, 6.45) is 3.83. The Morgan fingerprint density at radius 2 is 2.21 bits per heavy atom. The monoisotopic (exact) mass is 281 g/mol. The first kappa shape index (κ1) is 14.4. The molecule has 2 unspecified atom stereocenters. The lowest BCUT2D eigenvalue weighted by atomic mass is 10.1. The van der Waals surface area contributed by atoms with Crippen LogP contribution in [0.25, 0.3) is 0 Å². The van der Waals surface area contributed by atoms with Gasteiger partial charge in [0.15, 0.2) is 0 Å². The Bertz CT molecular complexity index is 438. The summed E-state index contributed by atoms with van der Waals surface area (Å²) in [5, 5.41) is 3.06. The van der Waals surface area contributed by atoms with Crippen LogP contribution < -0.4 is 5.32 Å². The first-order chi connectivity index (χ1) is 9.15. The highest BCUT2D eigenvalue weighted by atomic mass is 32.2. The van der Waals surface area contributed by atoms with Crippen LogP contribution in [-0.4, -0.2) is 17.7 Å². The third kappa shape index (κ3) is 4.53. The van der Waals surface area contributed by atoms with Crippen molar-refractivity contribution in [3.63, 3.8) is 0 Å². The second-order valence-electron chi connectivity index (χ2n) is 5.21. The molecule has 104 valence electrons. The van der Waals surface area contributed by atoms with E-state index in [1.165, 1.54) is 24.2 Å². The fourth-order valence-corrected chi connectivity index (χ4v) is 3.34. The van der Waals surface area contributed by atoms with Gasteiger partial charge < -0.3 is 5.32 Å². The van der Waals surface area contributed by atoms with Crippen LogP contribution in [0, 0.1) is 11.7 Å². The van der Waals surface area contributed by atoms with Crippen LogP contribution in [0.4, 0.5) is 4.39 Å². The van der Waals surface area contributed by atoms with Gasteiger partial charge in [-0.15, -0.1) is 11.8 Å². The standard InChI is InChI=1S/C15H20FNOS/c1-11-6-7-12(10-11)17-15(18)8-9-19-14-5-3-2-4-13(14)16/h2-5,11-12H,6-10H2,1H3,(H,17,18). The summed E-state index contributed by atoms with van der Waals surface area (Å²) in [5.74, 6) is 1.22. The Morgan fingerprint density at radius 1 is 1.42 bits per heavy atom. The summed E-state index contributed by atoms with van der Waals surface area (Å²) < 4.78 is 13.4. The Labute approximate surface area is 118 Å². The number of carbonyl (C=O) groups excluding carboxylic acids is 1. The van der Waals surface area contributed by atoms with Gasteiger partial charge in [0, 0.05) is 23.1 Å². The van der Waals surface area contributed by atoms with Gasteiger partial charge in [-0.3, -0.25) is 4.79 Å². The molecule has 0 heterocycles. The summed E-state index contributed by atoms with van der Waals surface area (Å²) in [4.78, 5) is 12.4. The molecule has 0 bridgehead atoms. The van der Waals surface area contributed by atoms with Crippen molar-refractivity contribution < 1.29 is 9.18 Å². The first-order valence-corrected chi connectivity index (χ1v) is 7.80. The van der Waals surface area contributed by atoms with E-state index in [2.05, 4.69) is 12.2 Å². The maximum absolute atomic E-state index is 13.4. The molecule has 1 saturated carbocycles. The number of nitrogens with one attached hydrogen (secondary N) is 1. The van der Waals surface area contributed by atoms with Crippen LogP contribution >= 0.6 is 11.8 Å². The molecule has 2 nitrogen and oxygen atoms in total. The van der Waals surface area contributed by atoms with E-state index >= 15 is 0 Å². The normalized spacial score (nSPS) is 22.4. The third-order valence-corrected chi connectivity index (χ3v) is 4.53. The van der Waals surface area contributed by atoms with Crippen LogP contribution in [0.2, 0.25) is 0 Å². The molecule has 1 aromatic carbocycles. The number of rotatable bonds is 5. The van der Waals surface area contributed by atoms with Crippen molar-refractivity contribution in [2.75, 3.05) is 5.75 Å². The van der Waals surface area contributed by atoms with E-state index in [1.54, 1.807) is 12.1 Å². The molecular weight excluding hydrogens is 261 g/mol. The van der Waals surface area contributed by atoms with E-state index in [-0.39, 0.29) is 11.7 Å². The van der Waals surface area contributed by atoms with Crippen molar-refractivity contribution >= 4 is 17.7 Å². The molecule has 2 rings (SSSR count). The number of halogens is 1. The van der Waals surface area contributed by atoms with Gasteiger partial charge in [-0.05, 0) is 37.3 Å². The maximum Gasteiger partial charge on any atom is 0.221 e. The lowest BCUT2D eigenvalue weighted by Gasteiger charge is -2.12. The van der Waals surface area contributed by atoms with Crippen LogP contribution in [0.3, 0.4) is 0 Å². The van der Waals surface area contributed by atoms with E-state index in [1.807, 2.05) is 6.07 Å². The number of amides is 1. The lowest BCUT2D eigenvalue weighted by molar-refractivity contribution is -0.121. The molecule has 2 atom stereocenters. The predicted octanol–water partition coefficient (Wildman–Crippen LogP) is 3.61. The molecule has 1 amide bonds. The quantitative estimate of drug-likeness (QED) is 0.835. The van der Waals surface area contributed by atoms with Crippen molar-refractivity contribution in [2.45, 2.75) is 43.5 Å². The number of benzene rings is 1. The zero-order chi connectivity index (χ0) is 13.7. The van der Waals surface area contributed by atoms with E-state index in [0.717, 1.165) is 18.8 Å². The minimum absolute atomic E-state index is 0.0861. The molecule has 0 aromatic heterocycles. The van der Waals surface area contributed by atoms with Gasteiger partial charge in [-0.25, -0.2) is 4.39 Å². The molecule has 0 saturated heterocycles. The predicted molar refractivity (Wildman–Crippen MR) is 76.7 cm³/mol. The summed E-state index contributed by atoms with van der Waals surface area (Å²) in [6.45, 7) is 2.22. The largest absolute Gasteiger partial charge is 0.353 e. The fourth-order valence-electron chi connectivity index (χ4n) is 2.45. The summed E-state index contributed by atoms with van der Waals surface area (Å²) in [7, 11) is 0. The summed E-state index contributed by atoms with van der Waals surface area (Å²) in [6, 6.07) is 7.03. The zero-order valence-corrected chi connectivity index (χ0v) is 12.0. The minimum atomic E-state index is -0.211. The number of thioether (sulfide) groups is 1. The van der Waals surface area contributed by atoms with Crippen molar-refractivity contribution in [1.82, 2.24) is 5.32 Å². The van der Waals surface area contributed by atoms with Gasteiger partial charge in [-0.2, -0.15) is 0 Å². The Kier molecular flexibility index (Phi) is 5.25. The highest BCUT2D eigenvalue weighted by Crippen LogP contribution is 2.25. The second-order valence-corrected chi connectivity index (χ2v) is 6.35. The van der Waals surface area contributed by atoms with Crippen LogP contribution in [-0.2, 0) is 4.79 Å². The molecule has 0 radical (unpaired) electrons. The minimum Gasteiger partial charge on any atom is -0.353 e. The number of hydrogen-bond donors (Lipinski definition) is 1. The van der Waals surface area contributed by atoms with Crippen molar-refractivity contribution in [2.24, 2.45) is 5.92 Å². The Balaban J connectivity index is 1.68. The molecule has 1 N–H and O–H groups in total. The highest BCUT2D eigenvalue weighted by Gasteiger charge is 2.22. The average molecular weight is 281 g/mol. The number of hydrogen-bond acceptors (Lipinski definition) is 2. The van der Waals surface area contributed by atoms with Gasteiger partial charge in [0.2, 0.25) is 5.91 Å². The third-order valence-electron chi connectivity index (χ3n) is 3.48. The molecule has 4 heteroatoms. The van der Waals surface area contributed by atoms with Crippen molar-refractivity contribution in [3.05, 3.63) is 30.1 Å². The van der Waals surface area contributed by atoms with Gasteiger partial charge in [0.25, 0.3) is 0 Å². The molecular formula is C15H20FNOS. The molecule has 1 aliphatic rings. The topological polar surface area (TPSA) is 29.1 Å². The zero-order valence-electron chi connectivity index (χ0n) is 11.2. The van der Waals surface area contributed by atoms with Gasteiger partial charge >= 0.3 is 0 Å². The highest BCUT2D eigenvalue weighted by molar-refractivity contribution is 7.99. The van der Waals surface area contributed by atoms with Crippen molar-refractivity contribution in [1.29, 1.82) is 0 Å². The van der Waals surface area contributed by atoms with Crippen LogP contribution in [0.5, 0.6) is 0 Å². The first-order valence-electron chi connectivity index (χ1n) is 6.82. The smallest absolute Gasteiger partial charge is 0.221 e. The van der Waals surface area contributed by atoms with E-state index in [0.29, 0.717) is 23.1 Å². The maximum atomic E-state index is 13.4. The van der Waals surface area contributed by atoms with E-state index in [9.17, 15) is 9.18 Å². The molecule has 0 spiro atoms. The molecule has 1 fully saturated rings. The SMILES string of the molecule is CC1CCC(NC(=O)CCSc2ccccc2F)C1. The fraction of sp³-hybridized carbons (Fsp3) is 0.533. The summed E-state index contributed by atoms with van der Waals surface area (Å²) >= 11 is 1.40. The van der Waals surface area contributed by atoms with Gasteiger partial charge in [-0.1, -0.05) is 19.1 Å². The second kappa shape index (κ2) is 6.94. The molecule has 19 heavy (non-hydrogen) atoms. The molecule has 1 aromatic rings. The van der Waals surface area contributed by atoms with E-state index in [4.69, 9.17) is 0 Å². The lowest BCUT2D eigenvalue weighted by Crippen LogP contribution is -2.33. The van der Waals surface area contributed by atoms with Crippen LogP contribution in [0.1, 0.15) is 32.6 Å². The number of carbonyl (C=O) groups is 1. The summed E-state index contributed by atoms with van der Waals surface area (Å²) in [5.41, 5.74) is 0. The van der Waals surface area contributed by atoms with Crippen molar-refractivity contribution in [3.8, 4) is 0 Å². The van der Waals surface area contributed by atoms with Crippen LogP contribution in [0.15, 0.2) is 29.2 Å². The molecule has 0 aliphatic heterocycles. The molecule has 1 aliphatic carbocycles. The average Bonchev–Trinajstić information content (AvgIpc) is 2.77.